The van der Waals surface area contributed by atoms with Gasteiger partial charge in [-0.1, -0.05) is 19.7 Å². The van der Waals surface area contributed by atoms with Crippen molar-refractivity contribution in [2.24, 2.45) is 17.8 Å². The number of esters is 4. The Morgan fingerprint density at radius 1 is 0.973 bits per heavy atom. The number of carbonyl (C=O) groups is 4. The fourth-order valence-electron chi connectivity index (χ4n) is 5.09. The van der Waals surface area contributed by atoms with Crippen LogP contribution in [0.4, 0.5) is 0 Å². The van der Waals surface area contributed by atoms with Gasteiger partial charge in [0, 0.05) is 28.6 Å². The highest BCUT2D eigenvalue weighted by Crippen LogP contribution is 2.55. The number of hydrogen-bond acceptors (Lipinski definition) is 9. The van der Waals surface area contributed by atoms with Crippen molar-refractivity contribution in [1.82, 2.24) is 0 Å². The molecule has 0 aromatic carbocycles. The van der Waals surface area contributed by atoms with Gasteiger partial charge >= 0.3 is 23.9 Å². The fraction of sp³-hybridized carbons (Fsp3) is 0.643. The molecule has 4 aliphatic rings. The third kappa shape index (κ3) is 8.02. The number of aliphatic hydroxyl groups excluding tert-OH is 1. The molecule has 0 amide bonds. The van der Waals surface area contributed by atoms with Crippen molar-refractivity contribution in [3.05, 3.63) is 36.5 Å². The fourth-order valence-corrected chi connectivity index (χ4v) is 5.09. The van der Waals surface area contributed by atoms with E-state index in [1.807, 2.05) is 6.92 Å². The Labute approximate surface area is 218 Å². The SMILES string of the molecule is C=C(C)C(=O)OC1(C)CCCC1.C=C(C)C(=O)OC1C2CC3C(=O)OC1C3C2.C=C(C)C(=O)OCCO. The summed E-state index contributed by atoms with van der Waals surface area (Å²) in [5.74, 6) is -0.545. The van der Waals surface area contributed by atoms with E-state index in [1.54, 1.807) is 20.8 Å². The van der Waals surface area contributed by atoms with E-state index in [1.165, 1.54) is 12.8 Å². The van der Waals surface area contributed by atoms with Crippen LogP contribution in [0.25, 0.3) is 0 Å². The Bertz CT molecular complexity index is 928. The van der Waals surface area contributed by atoms with E-state index in [-0.39, 0.29) is 60.8 Å². The van der Waals surface area contributed by atoms with Gasteiger partial charge in [-0.25, -0.2) is 14.4 Å². The van der Waals surface area contributed by atoms with E-state index in [4.69, 9.17) is 19.3 Å². The smallest absolute Gasteiger partial charge is 0.333 e. The average Bonchev–Trinajstić information content (AvgIpc) is 3.57. The summed E-state index contributed by atoms with van der Waals surface area (Å²) in [7, 11) is 0. The first-order chi connectivity index (χ1) is 17.3. The lowest BCUT2D eigenvalue weighted by Gasteiger charge is -2.25. The Hall–Kier alpha value is -2.94. The first-order valence-electron chi connectivity index (χ1n) is 12.7. The van der Waals surface area contributed by atoms with E-state index in [9.17, 15) is 19.2 Å². The molecule has 1 N–H and O–H groups in total. The lowest BCUT2D eigenvalue weighted by molar-refractivity contribution is -0.158. The number of ether oxygens (including phenoxy) is 4. The van der Waals surface area contributed by atoms with Gasteiger partial charge in [0.2, 0.25) is 0 Å². The van der Waals surface area contributed by atoms with Gasteiger partial charge in [0.15, 0.2) is 0 Å². The van der Waals surface area contributed by atoms with Gasteiger partial charge in [-0.05, 0) is 66.2 Å². The Balaban J connectivity index is 0.000000206. The quantitative estimate of drug-likeness (QED) is 0.304. The third-order valence-corrected chi connectivity index (χ3v) is 7.03. The van der Waals surface area contributed by atoms with Crippen molar-refractivity contribution in [2.45, 2.75) is 84.0 Å². The van der Waals surface area contributed by atoms with Gasteiger partial charge in [-0.3, -0.25) is 4.79 Å². The third-order valence-electron chi connectivity index (χ3n) is 7.03. The van der Waals surface area contributed by atoms with Crippen molar-refractivity contribution in [3.63, 3.8) is 0 Å². The molecule has 0 spiro atoms. The van der Waals surface area contributed by atoms with Gasteiger partial charge < -0.3 is 24.1 Å². The molecule has 37 heavy (non-hydrogen) atoms. The van der Waals surface area contributed by atoms with Crippen LogP contribution in [-0.2, 0) is 38.1 Å². The molecule has 0 aromatic heterocycles. The first kappa shape index (κ1) is 30.3. The standard InChI is InChI=1S/C12H14O4.C10H16O2.C6H10O3/c1-5(2)11(13)15-9-6-3-7-8(4-6)12(14)16-10(7)9;1-8(2)9(11)12-10(3)6-4-5-7-10;1-5(2)6(8)9-4-3-7/h6-10H,1,3-4H2,2H3;1,4-7H2,2-3H3;7H,1,3-4H2,2H3. The molecule has 4 rings (SSSR count). The highest BCUT2D eigenvalue weighted by atomic mass is 16.6. The lowest BCUT2D eigenvalue weighted by atomic mass is 9.88. The zero-order chi connectivity index (χ0) is 27.9. The second-order valence-corrected chi connectivity index (χ2v) is 10.5. The van der Waals surface area contributed by atoms with Crippen LogP contribution in [0.15, 0.2) is 36.5 Å². The number of rotatable bonds is 7. The van der Waals surface area contributed by atoms with Crippen molar-refractivity contribution < 1.29 is 43.2 Å². The van der Waals surface area contributed by atoms with Gasteiger partial charge in [-0.15, -0.1) is 0 Å². The van der Waals surface area contributed by atoms with E-state index in [0.717, 1.165) is 25.7 Å². The molecule has 1 aliphatic heterocycles. The monoisotopic (exact) mass is 520 g/mol. The zero-order valence-electron chi connectivity index (χ0n) is 22.4. The molecule has 1 saturated heterocycles. The predicted molar refractivity (Wildman–Crippen MR) is 135 cm³/mol. The molecular formula is C28H40O9. The van der Waals surface area contributed by atoms with E-state index < -0.39 is 5.97 Å². The Morgan fingerprint density at radius 3 is 2.05 bits per heavy atom. The minimum absolute atomic E-state index is 0.0473. The van der Waals surface area contributed by atoms with Crippen molar-refractivity contribution in [2.75, 3.05) is 13.2 Å². The zero-order valence-corrected chi connectivity index (χ0v) is 22.4. The van der Waals surface area contributed by atoms with E-state index in [0.29, 0.717) is 22.6 Å². The molecule has 1 heterocycles. The van der Waals surface area contributed by atoms with E-state index in [2.05, 4.69) is 24.5 Å². The topological polar surface area (TPSA) is 125 Å². The molecule has 3 saturated carbocycles. The van der Waals surface area contributed by atoms with Crippen LogP contribution in [0.3, 0.4) is 0 Å². The maximum Gasteiger partial charge on any atom is 0.333 e. The van der Waals surface area contributed by atoms with Gasteiger partial charge in [0.1, 0.15) is 24.4 Å². The van der Waals surface area contributed by atoms with Gasteiger partial charge in [-0.2, -0.15) is 0 Å². The summed E-state index contributed by atoms with van der Waals surface area (Å²) in [5, 5.41) is 8.19. The summed E-state index contributed by atoms with van der Waals surface area (Å²) in [6, 6.07) is 0. The lowest BCUT2D eigenvalue weighted by Crippen LogP contribution is -2.36. The summed E-state index contributed by atoms with van der Waals surface area (Å²) >= 11 is 0. The molecule has 0 aromatic rings. The normalized spacial score (nSPS) is 27.5. The number of hydrogen-bond donors (Lipinski definition) is 1. The second kappa shape index (κ2) is 13.0. The maximum atomic E-state index is 11.5. The largest absolute Gasteiger partial charge is 0.460 e. The van der Waals surface area contributed by atoms with Crippen LogP contribution in [-0.4, -0.2) is 60.0 Å². The predicted octanol–water partition coefficient (Wildman–Crippen LogP) is 3.59. The second-order valence-electron chi connectivity index (χ2n) is 10.5. The number of carbonyl (C=O) groups excluding carboxylic acids is 4. The molecule has 9 nitrogen and oxygen atoms in total. The minimum atomic E-state index is -0.455. The summed E-state index contributed by atoms with van der Waals surface area (Å²) in [6.45, 7) is 17.2. The molecule has 5 unspecified atom stereocenters. The first-order valence-corrected chi connectivity index (χ1v) is 12.7. The Kier molecular flexibility index (Phi) is 10.7. The summed E-state index contributed by atoms with van der Waals surface area (Å²) in [4.78, 5) is 44.6. The molecular weight excluding hydrogens is 480 g/mol. The van der Waals surface area contributed by atoms with Crippen molar-refractivity contribution >= 4 is 23.9 Å². The van der Waals surface area contributed by atoms with Crippen molar-refractivity contribution in [1.29, 1.82) is 0 Å². The van der Waals surface area contributed by atoms with Crippen LogP contribution in [0.1, 0.15) is 66.2 Å². The van der Waals surface area contributed by atoms with Crippen LogP contribution in [0.2, 0.25) is 0 Å². The molecule has 9 heteroatoms. The summed E-state index contributed by atoms with van der Waals surface area (Å²) < 4.78 is 20.4. The van der Waals surface area contributed by atoms with Crippen molar-refractivity contribution in [3.8, 4) is 0 Å². The Morgan fingerprint density at radius 2 is 1.54 bits per heavy atom. The molecule has 5 atom stereocenters. The van der Waals surface area contributed by atoms with Crippen LogP contribution in [0, 0.1) is 17.8 Å². The molecule has 3 aliphatic carbocycles. The average molecular weight is 521 g/mol. The highest BCUT2D eigenvalue weighted by Gasteiger charge is 2.63. The van der Waals surface area contributed by atoms with Crippen LogP contribution in [0.5, 0.6) is 0 Å². The molecule has 0 radical (unpaired) electrons. The molecule has 2 bridgehead atoms. The van der Waals surface area contributed by atoms with Gasteiger partial charge in [0.25, 0.3) is 0 Å². The minimum Gasteiger partial charge on any atom is -0.460 e. The number of aliphatic hydroxyl groups is 1. The summed E-state index contributed by atoms with van der Waals surface area (Å²) in [6.07, 6.45) is 5.65. The number of fused-ring (bicyclic) bond motifs is 1. The van der Waals surface area contributed by atoms with Crippen LogP contribution < -0.4 is 0 Å². The molecule has 4 fully saturated rings. The summed E-state index contributed by atoms with van der Waals surface area (Å²) in [5.41, 5.74) is 1.02. The maximum absolute atomic E-state index is 11.5. The van der Waals surface area contributed by atoms with Gasteiger partial charge in [0.05, 0.1) is 12.5 Å². The highest BCUT2D eigenvalue weighted by molar-refractivity contribution is 5.88. The van der Waals surface area contributed by atoms with Crippen LogP contribution >= 0.6 is 0 Å². The molecule has 206 valence electrons. The van der Waals surface area contributed by atoms with E-state index >= 15 is 0 Å².